The molecule has 5 nitrogen and oxygen atoms in total. The van der Waals surface area contributed by atoms with Gasteiger partial charge in [-0.1, -0.05) is 12.1 Å². The summed E-state index contributed by atoms with van der Waals surface area (Å²) in [6, 6.07) is 2.62. The molecule has 0 fully saturated rings. The van der Waals surface area contributed by atoms with E-state index in [1.165, 1.54) is 6.92 Å². The first-order chi connectivity index (χ1) is 8.84. The SMILES string of the molecule is CCC(C)(NC(=O)c1ccc(F)cc1F)/C(N)=N/O. The molecule has 19 heavy (non-hydrogen) atoms. The lowest BCUT2D eigenvalue weighted by Crippen LogP contribution is -2.55. The molecule has 7 heteroatoms. The molecular formula is C12H15F2N3O2. The van der Waals surface area contributed by atoms with Crippen molar-refractivity contribution in [2.24, 2.45) is 10.9 Å². The summed E-state index contributed by atoms with van der Waals surface area (Å²) in [5.74, 6) is -2.72. The normalized spacial score (nSPS) is 14.8. The number of amides is 1. The van der Waals surface area contributed by atoms with Crippen molar-refractivity contribution >= 4 is 11.7 Å². The average Bonchev–Trinajstić information content (AvgIpc) is 2.37. The van der Waals surface area contributed by atoms with Crippen molar-refractivity contribution in [2.45, 2.75) is 25.8 Å². The van der Waals surface area contributed by atoms with Gasteiger partial charge in [-0.25, -0.2) is 8.78 Å². The molecule has 0 aromatic heterocycles. The predicted molar refractivity (Wildman–Crippen MR) is 65.9 cm³/mol. The Labute approximate surface area is 109 Å². The van der Waals surface area contributed by atoms with Crippen LogP contribution in [0.1, 0.15) is 30.6 Å². The summed E-state index contributed by atoms with van der Waals surface area (Å²) in [6.45, 7) is 3.24. The first kappa shape index (κ1) is 14.9. The van der Waals surface area contributed by atoms with Gasteiger partial charge in [-0.15, -0.1) is 0 Å². The van der Waals surface area contributed by atoms with Crippen molar-refractivity contribution in [3.05, 3.63) is 35.4 Å². The second-order valence-corrected chi connectivity index (χ2v) is 4.25. The van der Waals surface area contributed by atoms with Crippen LogP contribution in [-0.4, -0.2) is 22.5 Å². The zero-order chi connectivity index (χ0) is 14.6. The van der Waals surface area contributed by atoms with E-state index in [1.54, 1.807) is 6.92 Å². The highest BCUT2D eigenvalue weighted by atomic mass is 19.1. The number of nitrogens with one attached hydrogen (secondary N) is 1. The van der Waals surface area contributed by atoms with Gasteiger partial charge >= 0.3 is 0 Å². The lowest BCUT2D eigenvalue weighted by molar-refractivity contribution is 0.0920. The fraction of sp³-hybridized carbons (Fsp3) is 0.333. The minimum atomic E-state index is -1.12. The van der Waals surface area contributed by atoms with E-state index >= 15 is 0 Å². The summed E-state index contributed by atoms with van der Waals surface area (Å²) in [5, 5.41) is 14.0. The van der Waals surface area contributed by atoms with E-state index in [4.69, 9.17) is 10.9 Å². The molecule has 1 aromatic rings. The highest BCUT2D eigenvalue weighted by Gasteiger charge is 2.30. The Kier molecular flexibility index (Phi) is 4.42. The molecule has 1 aromatic carbocycles. The van der Waals surface area contributed by atoms with Gasteiger partial charge in [0.15, 0.2) is 5.84 Å². The number of carbonyl (C=O) groups excluding carboxylic acids is 1. The van der Waals surface area contributed by atoms with Crippen LogP contribution in [-0.2, 0) is 0 Å². The number of rotatable bonds is 4. The molecule has 1 unspecified atom stereocenters. The van der Waals surface area contributed by atoms with Gasteiger partial charge in [0.05, 0.1) is 11.1 Å². The molecule has 1 amide bonds. The van der Waals surface area contributed by atoms with Crippen LogP contribution in [0.5, 0.6) is 0 Å². The van der Waals surface area contributed by atoms with Crippen LogP contribution in [0, 0.1) is 11.6 Å². The Morgan fingerprint density at radius 3 is 2.63 bits per heavy atom. The van der Waals surface area contributed by atoms with E-state index in [-0.39, 0.29) is 11.4 Å². The van der Waals surface area contributed by atoms with Crippen molar-refractivity contribution < 1.29 is 18.8 Å². The number of halogens is 2. The summed E-state index contributed by atoms with van der Waals surface area (Å²) >= 11 is 0. The third-order valence-electron chi connectivity index (χ3n) is 2.95. The minimum absolute atomic E-state index is 0.203. The van der Waals surface area contributed by atoms with Crippen molar-refractivity contribution in [1.82, 2.24) is 5.32 Å². The van der Waals surface area contributed by atoms with E-state index < -0.39 is 23.1 Å². The summed E-state index contributed by atoms with van der Waals surface area (Å²) in [7, 11) is 0. The molecule has 104 valence electrons. The Morgan fingerprint density at radius 1 is 1.53 bits per heavy atom. The third kappa shape index (κ3) is 3.18. The zero-order valence-electron chi connectivity index (χ0n) is 10.6. The van der Waals surface area contributed by atoms with E-state index in [0.717, 1.165) is 12.1 Å². The van der Waals surface area contributed by atoms with Gasteiger partial charge in [-0.05, 0) is 25.5 Å². The van der Waals surface area contributed by atoms with Gasteiger partial charge in [-0.2, -0.15) is 0 Å². The highest BCUT2D eigenvalue weighted by Crippen LogP contribution is 2.14. The highest BCUT2D eigenvalue weighted by molar-refractivity contribution is 6.00. The number of hydrogen-bond donors (Lipinski definition) is 3. The summed E-state index contributed by atoms with van der Waals surface area (Å²) in [6.07, 6.45) is 0.331. The summed E-state index contributed by atoms with van der Waals surface area (Å²) in [5.41, 5.74) is 4.05. The van der Waals surface area contributed by atoms with Crippen molar-refractivity contribution in [2.75, 3.05) is 0 Å². The van der Waals surface area contributed by atoms with Crippen molar-refractivity contribution in [3.8, 4) is 0 Å². The maximum absolute atomic E-state index is 13.5. The molecule has 1 rings (SSSR count). The number of amidine groups is 1. The molecule has 0 saturated carbocycles. The van der Waals surface area contributed by atoms with E-state index in [1.807, 2.05) is 0 Å². The minimum Gasteiger partial charge on any atom is -0.409 e. The van der Waals surface area contributed by atoms with Gasteiger partial charge in [0.1, 0.15) is 11.6 Å². The fourth-order valence-corrected chi connectivity index (χ4v) is 1.44. The molecule has 0 saturated heterocycles. The number of nitrogens with zero attached hydrogens (tertiary/aromatic N) is 1. The number of carbonyl (C=O) groups is 1. The monoisotopic (exact) mass is 271 g/mol. The van der Waals surface area contributed by atoms with Gasteiger partial charge in [0.2, 0.25) is 0 Å². The van der Waals surface area contributed by atoms with Gasteiger partial charge in [0.25, 0.3) is 5.91 Å². The first-order valence-corrected chi connectivity index (χ1v) is 5.59. The molecular weight excluding hydrogens is 256 g/mol. The van der Waals surface area contributed by atoms with E-state index in [9.17, 15) is 13.6 Å². The van der Waals surface area contributed by atoms with Gasteiger partial charge < -0.3 is 16.3 Å². The fourth-order valence-electron chi connectivity index (χ4n) is 1.44. The lowest BCUT2D eigenvalue weighted by Gasteiger charge is -2.28. The largest absolute Gasteiger partial charge is 0.409 e. The van der Waals surface area contributed by atoms with Crippen molar-refractivity contribution in [3.63, 3.8) is 0 Å². The maximum Gasteiger partial charge on any atom is 0.255 e. The second kappa shape index (κ2) is 5.64. The topological polar surface area (TPSA) is 87.7 Å². The van der Waals surface area contributed by atoms with Gasteiger partial charge in [0, 0.05) is 6.07 Å². The number of benzene rings is 1. The Bertz CT molecular complexity index is 520. The number of nitrogens with two attached hydrogens (primary N) is 1. The smallest absolute Gasteiger partial charge is 0.255 e. The Morgan fingerprint density at radius 2 is 2.16 bits per heavy atom. The molecule has 0 aliphatic heterocycles. The molecule has 4 N–H and O–H groups in total. The Balaban J connectivity index is 3.02. The summed E-state index contributed by atoms with van der Waals surface area (Å²) in [4.78, 5) is 11.9. The standard InChI is InChI=1S/C12H15F2N3O2/c1-3-12(2,11(15)17-19)16-10(18)8-5-4-7(13)6-9(8)14/h4-6,19H,3H2,1-2H3,(H2,15,17)(H,16,18). The molecule has 0 aliphatic rings. The number of oxime groups is 1. The van der Waals surface area contributed by atoms with Crippen LogP contribution in [0.4, 0.5) is 8.78 Å². The van der Waals surface area contributed by atoms with Crippen LogP contribution < -0.4 is 11.1 Å². The second-order valence-electron chi connectivity index (χ2n) is 4.25. The van der Waals surface area contributed by atoms with Crippen molar-refractivity contribution in [1.29, 1.82) is 0 Å². The molecule has 0 spiro atoms. The summed E-state index contributed by atoms with van der Waals surface area (Å²) < 4.78 is 26.2. The van der Waals surface area contributed by atoms with Crippen LogP contribution in [0.15, 0.2) is 23.4 Å². The molecule has 1 atom stereocenters. The zero-order valence-corrected chi connectivity index (χ0v) is 10.6. The van der Waals surface area contributed by atoms with Crippen LogP contribution in [0.25, 0.3) is 0 Å². The van der Waals surface area contributed by atoms with Gasteiger partial charge in [-0.3, -0.25) is 4.79 Å². The quantitative estimate of drug-likeness (QED) is 0.336. The first-order valence-electron chi connectivity index (χ1n) is 5.59. The van der Waals surface area contributed by atoms with Crippen LogP contribution in [0.3, 0.4) is 0 Å². The molecule has 0 radical (unpaired) electrons. The van der Waals surface area contributed by atoms with E-state index in [2.05, 4.69) is 10.5 Å². The third-order valence-corrected chi connectivity index (χ3v) is 2.95. The Hall–Kier alpha value is -2.18. The maximum atomic E-state index is 13.5. The van der Waals surface area contributed by atoms with Crippen LogP contribution >= 0.6 is 0 Å². The average molecular weight is 271 g/mol. The molecule has 0 heterocycles. The molecule has 0 aliphatic carbocycles. The number of hydrogen-bond acceptors (Lipinski definition) is 3. The predicted octanol–water partition coefficient (Wildman–Crippen LogP) is 1.61. The molecule has 0 bridgehead atoms. The van der Waals surface area contributed by atoms with Crippen LogP contribution in [0.2, 0.25) is 0 Å². The van der Waals surface area contributed by atoms with E-state index in [0.29, 0.717) is 12.5 Å². The lowest BCUT2D eigenvalue weighted by atomic mass is 9.96.